The van der Waals surface area contributed by atoms with Gasteiger partial charge in [0, 0.05) is 12.6 Å². The van der Waals surface area contributed by atoms with Gasteiger partial charge in [-0.05, 0) is 54.5 Å². The third-order valence-electron chi connectivity index (χ3n) is 6.66. The highest BCUT2D eigenvalue weighted by Crippen LogP contribution is 2.43. The largest absolute Gasteiger partial charge is 0.462 e. The van der Waals surface area contributed by atoms with E-state index < -0.39 is 32.6 Å². The standard InChI is InChI=1S/C30H41ClFN3O4Si/c1-10-38-26(37)20-16-35(27(28(2,3)4)30(8,9)39-40-29(5,6)7)25-19(23(20)36)15-18(24(33)34-25)14-17-12-11-13-21(31)22(17)32/h11-13,15-16,27H,10,14,40H2,1-9H3,(H2,33,34)/t27-/m0/s1. The lowest BCUT2D eigenvalue weighted by Crippen LogP contribution is -2.46. The van der Waals surface area contributed by atoms with Crippen LogP contribution in [-0.2, 0) is 15.6 Å². The van der Waals surface area contributed by atoms with Crippen LogP contribution in [0.2, 0.25) is 10.1 Å². The third-order valence-corrected chi connectivity index (χ3v) is 8.71. The summed E-state index contributed by atoms with van der Waals surface area (Å²) < 4.78 is 28.4. The molecular formula is C30H41ClFN3O4Si. The summed E-state index contributed by atoms with van der Waals surface area (Å²) in [6.45, 7) is 18.5. The molecule has 3 aromatic rings. The molecule has 3 rings (SSSR count). The van der Waals surface area contributed by atoms with E-state index in [1.165, 1.54) is 12.3 Å². The number of esters is 1. The van der Waals surface area contributed by atoms with Gasteiger partial charge in [0.15, 0.2) is 9.76 Å². The van der Waals surface area contributed by atoms with Crippen molar-refractivity contribution < 1.29 is 18.3 Å². The molecule has 0 aliphatic rings. The topological polar surface area (TPSA) is 96.4 Å². The van der Waals surface area contributed by atoms with Crippen LogP contribution >= 0.6 is 11.6 Å². The maximum atomic E-state index is 14.7. The monoisotopic (exact) mass is 589 g/mol. The molecule has 0 fully saturated rings. The van der Waals surface area contributed by atoms with Crippen LogP contribution in [0.4, 0.5) is 10.2 Å². The molecule has 40 heavy (non-hydrogen) atoms. The van der Waals surface area contributed by atoms with Crippen LogP contribution in [-0.4, -0.2) is 37.5 Å². The number of anilines is 1. The number of carbonyl (C=O) groups excluding carboxylic acids is 1. The van der Waals surface area contributed by atoms with E-state index in [-0.39, 0.29) is 51.3 Å². The number of rotatable bonds is 8. The Morgan fingerprint density at radius 2 is 1.80 bits per heavy atom. The molecule has 0 unspecified atom stereocenters. The highest BCUT2D eigenvalue weighted by molar-refractivity contribution is 6.32. The second-order valence-electron chi connectivity index (χ2n) is 13.0. The fourth-order valence-electron chi connectivity index (χ4n) is 5.19. The van der Waals surface area contributed by atoms with Gasteiger partial charge in [-0.25, -0.2) is 14.2 Å². The third kappa shape index (κ3) is 6.93. The Morgan fingerprint density at radius 1 is 1.15 bits per heavy atom. The molecule has 0 amide bonds. The van der Waals surface area contributed by atoms with Gasteiger partial charge >= 0.3 is 5.97 Å². The van der Waals surface area contributed by atoms with Crippen LogP contribution in [0.3, 0.4) is 0 Å². The van der Waals surface area contributed by atoms with E-state index in [0.29, 0.717) is 16.8 Å². The molecule has 0 radical (unpaired) electrons. The lowest BCUT2D eigenvalue weighted by Gasteiger charge is -2.45. The van der Waals surface area contributed by atoms with Gasteiger partial charge in [0.2, 0.25) is 5.43 Å². The van der Waals surface area contributed by atoms with Crippen LogP contribution in [0.5, 0.6) is 0 Å². The van der Waals surface area contributed by atoms with Crippen molar-refractivity contribution in [2.45, 2.75) is 85.4 Å². The van der Waals surface area contributed by atoms with Crippen LogP contribution in [0, 0.1) is 11.2 Å². The zero-order valence-corrected chi connectivity index (χ0v) is 27.1. The Kier molecular flexibility index (Phi) is 9.23. The van der Waals surface area contributed by atoms with Gasteiger partial charge in [-0.3, -0.25) is 4.79 Å². The van der Waals surface area contributed by atoms with Crippen molar-refractivity contribution in [3.05, 3.63) is 68.2 Å². The summed E-state index contributed by atoms with van der Waals surface area (Å²) >= 11 is 5.98. The number of halogens is 2. The number of carbonyl (C=O) groups is 1. The predicted octanol–water partition coefficient (Wildman–Crippen LogP) is 6.22. The Hall–Kier alpha value is -2.75. The molecule has 0 bridgehead atoms. The molecule has 0 saturated carbocycles. The lowest BCUT2D eigenvalue weighted by atomic mass is 9.77. The van der Waals surface area contributed by atoms with Crippen molar-refractivity contribution in [1.82, 2.24) is 9.55 Å². The summed E-state index contributed by atoms with van der Waals surface area (Å²) in [6.07, 6.45) is 1.59. The van der Waals surface area contributed by atoms with E-state index in [1.807, 2.05) is 18.4 Å². The molecular weight excluding hydrogens is 549 g/mol. The van der Waals surface area contributed by atoms with E-state index in [1.54, 1.807) is 25.1 Å². The zero-order chi connectivity index (χ0) is 30.2. The minimum atomic E-state index is -0.966. The number of ether oxygens (including phenoxy) is 1. The van der Waals surface area contributed by atoms with Gasteiger partial charge < -0.3 is 19.5 Å². The quantitative estimate of drug-likeness (QED) is 0.247. The molecule has 2 heterocycles. The second kappa shape index (κ2) is 11.6. The number of fused-ring (bicyclic) bond motifs is 1. The average Bonchev–Trinajstić information content (AvgIpc) is 2.82. The summed E-state index contributed by atoms with van der Waals surface area (Å²) in [4.78, 5) is 31.4. The molecule has 0 spiro atoms. The first-order chi connectivity index (χ1) is 18.4. The zero-order valence-electron chi connectivity index (χ0n) is 24.9. The highest BCUT2D eigenvalue weighted by Gasteiger charge is 2.42. The van der Waals surface area contributed by atoms with E-state index >= 15 is 0 Å². The number of hydrogen-bond acceptors (Lipinski definition) is 6. The first-order valence-electron chi connectivity index (χ1n) is 13.5. The molecule has 0 aliphatic heterocycles. The predicted molar refractivity (Wildman–Crippen MR) is 163 cm³/mol. The van der Waals surface area contributed by atoms with Gasteiger partial charge in [0.05, 0.1) is 28.7 Å². The molecule has 0 saturated heterocycles. The number of nitrogen functional groups attached to an aromatic ring is 1. The Morgan fingerprint density at radius 3 is 2.38 bits per heavy atom. The molecule has 0 aliphatic carbocycles. The van der Waals surface area contributed by atoms with Gasteiger partial charge in [0.1, 0.15) is 22.8 Å². The van der Waals surface area contributed by atoms with Gasteiger partial charge in [-0.1, -0.05) is 65.3 Å². The van der Waals surface area contributed by atoms with Gasteiger partial charge in [-0.15, -0.1) is 0 Å². The van der Waals surface area contributed by atoms with Crippen LogP contribution < -0.4 is 11.2 Å². The summed E-state index contributed by atoms with van der Waals surface area (Å²) in [6, 6.07) is 5.96. The van der Waals surface area contributed by atoms with Gasteiger partial charge in [0.25, 0.3) is 0 Å². The summed E-state index contributed by atoms with van der Waals surface area (Å²) in [7, 11) is -0.966. The summed E-state index contributed by atoms with van der Waals surface area (Å²) in [5.41, 5.74) is 5.79. The fraction of sp³-hybridized carbons (Fsp3) is 0.500. The molecule has 1 aromatic carbocycles. The molecule has 1 atom stereocenters. The fourth-order valence-corrected chi connectivity index (χ4v) is 6.34. The van der Waals surface area contributed by atoms with E-state index in [2.05, 4.69) is 46.5 Å². The van der Waals surface area contributed by atoms with Crippen molar-refractivity contribution in [2.24, 2.45) is 5.41 Å². The lowest BCUT2D eigenvalue weighted by molar-refractivity contribution is -0.00175. The Balaban J connectivity index is 2.34. The number of aromatic nitrogens is 2. The molecule has 218 valence electrons. The van der Waals surface area contributed by atoms with Crippen molar-refractivity contribution >= 4 is 44.2 Å². The van der Waals surface area contributed by atoms with Crippen molar-refractivity contribution in [3.63, 3.8) is 0 Å². The van der Waals surface area contributed by atoms with E-state index in [0.717, 1.165) is 0 Å². The van der Waals surface area contributed by atoms with Crippen LogP contribution in [0.1, 0.15) is 89.8 Å². The number of pyridine rings is 2. The highest BCUT2D eigenvalue weighted by atomic mass is 35.5. The maximum absolute atomic E-state index is 14.7. The minimum Gasteiger partial charge on any atom is -0.462 e. The number of nitrogens with two attached hydrogens (primary N) is 1. The number of benzene rings is 1. The summed E-state index contributed by atoms with van der Waals surface area (Å²) in [5.74, 6) is -1.13. The van der Waals surface area contributed by atoms with E-state index in [4.69, 9.17) is 26.5 Å². The first-order valence-corrected chi connectivity index (χ1v) is 15.1. The number of hydrogen-bond donors (Lipinski definition) is 1. The molecule has 7 nitrogen and oxygen atoms in total. The van der Waals surface area contributed by atoms with Crippen molar-refractivity contribution in [2.75, 3.05) is 12.3 Å². The Labute approximate surface area is 243 Å². The second-order valence-corrected chi connectivity index (χ2v) is 16.1. The molecule has 2 aromatic heterocycles. The van der Waals surface area contributed by atoms with Crippen LogP contribution in [0.25, 0.3) is 11.0 Å². The van der Waals surface area contributed by atoms with E-state index in [9.17, 15) is 14.0 Å². The SMILES string of the molecule is CCOC(=O)c1cn([C@@H](C(C)(C)C)C(C)(C)O[SiH2]C(C)(C)C)c2nc(N)c(Cc3cccc(Cl)c3F)cc2c1=O. The first kappa shape index (κ1) is 31.8. The average molecular weight is 590 g/mol. The molecule has 2 N–H and O–H groups in total. The number of nitrogens with zero attached hydrogens (tertiary/aromatic N) is 2. The minimum absolute atomic E-state index is 0.00849. The van der Waals surface area contributed by atoms with Gasteiger partial charge in [-0.2, -0.15) is 0 Å². The van der Waals surface area contributed by atoms with Crippen LogP contribution in [0.15, 0.2) is 35.3 Å². The smallest absolute Gasteiger partial charge is 0.343 e. The molecule has 10 heteroatoms. The maximum Gasteiger partial charge on any atom is 0.343 e. The van der Waals surface area contributed by atoms with Crippen molar-refractivity contribution in [1.29, 1.82) is 0 Å². The van der Waals surface area contributed by atoms with Crippen molar-refractivity contribution in [3.8, 4) is 0 Å². The Bertz CT molecular complexity index is 1480. The normalized spacial score (nSPS) is 13.8. The summed E-state index contributed by atoms with van der Waals surface area (Å²) in [5, 5.41) is 0.232.